The van der Waals surface area contributed by atoms with E-state index in [0.29, 0.717) is 12.2 Å². The van der Waals surface area contributed by atoms with E-state index in [-0.39, 0.29) is 19.1 Å². The lowest BCUT2D eigenvalue weighted by molar-refractivity contribution is -0.147. The average Bonchev–Trinajstić information content (AvgIpc) is 2.53. The average molecular weight is 300 g/mol. The number of rotatable bonds is 2. The van der Waals surface area contributed by atoms with Gasteiger partial charge in [-0.25, -0.2) is 4.79 Å². The highest BCUT2D eigenvalue weighted by molar-refractivity contribution is 6.07. The Labute approximate surface area is 127 Å². The van der Waals surface area contributed by atoms with E-state index in [9.17, 15) is 14.7 Å². The molecule has 0 saturated carbocycles. The zero-order chi connectivity index (χ0) is 15.7. The molecule has 22 heavy (non-hydrogen) atoms. The van der Waals surface area contributed by atoms with Gasteiger partial charge in [0, 0.05) is 17.6 Å². The van der Waals surface area contributed by atoms with Gasteiger partial charge in [0.05, 0.1) is 24.3 Å². The summed E-state index contributed by atoms with van der Waals surface area (Å²) in [6, 6.07) is 8.12. The number of aliphatic carboxylic acids is 1. The maximum atomic E-state index is 12.9. The number of morpholine rings is 1. The van der Waals surface area contributed by atoms with Crippen molar-refractivity contribution in [2.24, 2.45) is 0 Å². The zero-order valence-corrected chi connectivity index (χ0v) is 12.2. The lowest BCUT2D eigenvalue weighted by atomic mass is 10.1. The lowest BCUT2D eigenvalue weighted by Gasteiger charge is -2.33. The SMILES string of the molecule is Cc1cc(C(=O)N2CCOC[C@H]2C(=O)O)c2ccccc2n1. The topological polar surface area (TPSA) is 79.7 Å². The summed E-state index contributed by atoms with van der Waals surface area (Å²) < 4.78 is 5.18. The molecule has 1 aliphatic heterocycles. The van der Waals surface area contributed by atoms with Crippen LogP contribution in [0.3, 0.4) is 0 Å². The Morgan fingerprint density at radius 3 is 2.91 bits per heavy atom. The van der Waals surface area contributed by atoms with E-state index in [1.165, 1.54) is 4.90 Å². The quantitative estimate of drug-likeness (QED) is 0.908. The fourth-order valence-electron chi connectivity index (χ4n) is 2.69. The van der Waals surface area contributed by atoms with E-state index in [0.717, 1.165) is 16.6 Å². The van der Waals surface area contributed by atoms with Crippen LogP contribution in [0.25, 0.3) is 10.9 Å². The Morgan fingerprint density at radius 1 is 1.36 bits per heavy atom. The van der Waals surface area contributed by atoms with Crippen molar-refractivity contribution in [3.8, 4) is 0 Å². The number of fused-ring (bicyclic) bond motifs is 1. The van der Waals surface area contributed by atoms with Crippen LogP contribution in [0.4, 0.5) is 0 Å². The largest absolute Gasteiger partial charge is 0.480 e. The molecule has 1 saturated heterocycles. The molecule has 6 heteroatoms. The van der Waals surface area contributed by atoms with Crippen LogP contribution in [-0.4, -0.2) is 52.7 Å². The predicted molar refractivity (Wildman–Crippen MR) is 79.8 cm³/mol. The highest BCUT2D eigenvalue weighted by atomic mass is 16.5. The number of ether oxygens (including phenoxy) is 1. The number of carboxylic acids is 1. The van der Waals surface area contributed by atoms with Gasteiger partial charge in [-0.05, 0) is 19.1 Å². The van der Waals surface area contributed by atoms with Gasteiger partial charge < -0.3 is 14.7 Å². The van der Waals surface area contributed by atoms with Crippen molar-refractivity contribution in [2.75, 3.05) is 19.8 Å². The van der Waals surface area contributed by atoms with Crippen molar-refractivity contribution in [1.29, 1.82) is 0 Å². The Morgan fingerprint density at radius 2 is 2.14 bits per heavy atom. The number of para-hydroxylation sites is 1. The predicted octanol–water partition coefficient (Wildman–Crippen LogP) is 1.47. The Balaban J connectivity index is 2.06. The zero-order valence-electron chi connectivity index (χ0n) is 12.2. The number of pyridine rings is 1. The molecule has 1 fully saturated rings. The van der Waals surface area contributed by atoms with E-state index in [2.05, 4.69) is 4.98 Å². The number of aromatic nitrogens is 1. The molecule has 114 valence electrons. The second kappa shape index (κ2) is 5.73. The molecule has 1 N–H and O–H groups in total. The minimum Gasteiger partial charge on any atom is -0.480 e. The number of nitrogens with zero attached hydrogens (tertiary/aromatic N) is 2. The normalized spacial score (nSPS) is 18.4. The Kier molecular flexibility index (Phi) is 3.77. The number of carbonyl (C=O) groups is 2. The smallest absolute Gasteiger partial charge is 0.328 e. The van der Waals surface area contributed by atoms with E-state index in [1.807, 2.05) is 31.2 Å². The molecule has 6 nitrogen and oxygen atoms in total. The standard InChI is InChI=1S/C16H16N2O4/c1-10-8-12(11-4-2-3-5-13(11)17-10)15(19)18-6-7-22-9-14(18)16(20)21/h2-5,8,14H,6-7,9H2,1H3,(H,20,21)/t14-/m0/s1. The summed E-state index contributed by atoms with van der Waals surface area (Å²) in [5.74, 6) is -1.35. The Bertz CT molecular complexity index is 744. The van der Waals surface area contributed by atoms with Gasteiger partial charge in [0.2, 0.25) is 0 Å². The van der Waals surface area contributed by atoms with Gasteiger partial charge in [-0.2, -0.15) is 0 Å². The number of aryl methyl sites for hydroxylation is 1. The van der Waals surface area contributed by atoms with Crippen molar-refractivity contribution in [1.82, 2.24) is 9.88 Å². The second-order valence-electron chi connectivity index (χ2n) is 5.26. The third kappa shape index (κ3) is 2.53. The number of hydrogen-bond donors (Lipinski definition) is 1. The molecule has 0 unspecified atom stereocenters. The first kappa shape index (κ1) is 14.5. The van der Waals surface area contributed by atoms with Gasteiger partial charge in [0.15, 0.2) is 6.04 Å². The van der Waals surface area contributed by atoms with E-state index < -0.39 is 12.0 Å². The van der Waals surface area contributed by atoms with Crippen molar-refractivity contribution >= 4 is 22.8 Å². The number of carbonyl (C=O) groups excluding carboxylic acids is 1. The molecular weight excluding hydrogens is 284 g/mol. The molecule has 1 amide bonds. The molecule has 1 aromatic heterocycles. The van der Waals surface area contributed by atoms with Gasteiger partial charge in [0.1, 0.15) is 0 Å². The number of amides is 1. The number of carboxylic acid groups (broad SMARTS) is 1. The first-order valence-electron chi connectivity index (χ1n) is 7.06. The summed E-state index contributed by atoms with van der Waals surface area (Å²) in [6.45, 7) is 2.45. The number of hydrogen-bond acceptors (Lipinski definition) is 4. The maximum absolute atomic E-state index is 12.9. The van der Waals surface area contributed by atoms with Crippen LogP contribution in [-0.2, 0) is 9.53 Å². The van der Waals surface area contributed by atoms with Crippen molar-refractivity contribution in [3.05, 3.63) is 41.6 Å². The molecule has 0 radical (unpaired) electrons. The lowest BCUT2D eigenvalue weighted by Crippen LogP contribution is -2.52. The maximum Gasteiger partial charge on any atom is 0.328 e. The first-order chi connectivity index (χ1) is 10.6. The fraction of sp³-hybridized carbons (Fsp3) is 0.312. The minimum atomic E-state index is -1.05. The van der Waals surface area contributed by atoms with E-state index in [4.69, 9.17) is 4.74 Å². The molecule has 2 aromatic rings. The molecule has 1 aromatic carbocycles. The van der Waals surface area contributed by atoms with Gasteiger partial charge in [0.25, 0.3) is 5.91 Å². The molecule has 0 spiro atoms. The summed E-state index contributed by atoms with van der Waals surface area (Å²) in [6.07, 6.45) is 0. The van der Waals surface area contributed by atoms with Crippen LogP contribution in [0.1, 0.15) is 16.1 Å². The van der Waals surface area contributed by atoms with Crippen LogP contribution in [0.15, 0.2) is 30.3 Å². The van der Waals surface area contributed by atoms with E-state index in [1.54, 1.807) is 6.07 Å². The third-order valence-electron chi connectivity index (χ3n) is 3.75. The van der Waals surface area contributed by atoms with Crippen molar-refractivity contribution in [3.63, 3.8) is 0 Å². The summed E-state index contributed by atoms with van der Waals surface area (Å²) in [4.78, 5) is 30.0. The van der Waals surface area contributed by atoms with Crippen LogP contribution >= 0.6 is 0 Å². The molecule has 1 atom stereocenters. The Hall–Kier alpha value is -2.47. The monoisotopic (exact) mass is 300 g/mol. The molecular formula is C16H16N2O4. The highest BCUT2D eigenvalue weighted by Gasteiger charge is 2.33. The molecule has 0 bridgehead atoms. The summed E-state index contributed by atoms with van der Waals surface area (Å²) in [7, 11) is 0. The fourth-order valence-corrected chi connectivity index (χ4v) is 2.69. The highest BCUT2D eigenvalue weighted by Crippen LogP contribution is 2.21. The van der Waals surface area contributed by atoms with Gasteiger partial charge >= 0.3 is 5.97 Å². The van der Waals surface area contributed by atoms with Crippen molar-refractivity contribution in [2.45, 2.75) is 13.0 Å². The summed E-state index contributed by atoms with van der Waals surface area (Å²) >= 11 is 0. The van der Waals surface area contributed by atoms with Crippen LogP contribution in [0.5, 0.6) is 0 Å². The van der Waals surface area contributed by atoms with Gasteiger partial charge in [-0.3, -0.25) is 9.78 Å². The summed E-state index contributed by atoms with van der Waals surface area (Å²) in [5.41, 5.74) is 1.93. The third-order valence-corrected chi connectivity index (χ3v) is 3.75. The molecule has 2 heterocycles. The molecule has 1 aliphatic rings. The molecule has 0 aliphatic carbocycles. The first-order valence-corrected chi connectivity index (χ1v) is 7.06. The summed E-state index contributed by atoms with van der Waals surface area (Å²) in [5, 5.41) is 10.0. The van der Waals surface area contributed by atoms with Gasteiger partial charge in [-0.15, -0.1) is 0 Å². The van der Waals surface area contributed by atoms with E-state index >= 15 is 0 Å². The number of benzene rings is 1. The van der Waals surface area contributed by atoms with Crippen molar-refractivity contribution < 1.29 is 19.4 Å². The molecule has 3 rings (SSSR count). The van der Waals surface area contributed by atoms with Crippen LogP contribution in [0.2, 0.25) is 0 Å². The minimum absolute atomic E-state index is 0.0169. The van der Waals surface area contributed by atoms with Gasteiger partial charge in [-0.1, -0.05) is 18.2 Å². The van der Waals surface area contributed by atoms with Crippen LogP contribution < -0.4 is 0 Å². The van der Waals surface area contributed by atoms with Crippen LogP contribution in [0, 0.1) is 6.92 Å². The second-order valence-corrected chi connectivity index (χ2v) is 5.26.